The van der Waals surface area contributed by atoms with Crippen LogP contribution >= 0.6 is 0 Å². The zero-order valence-electron chi connectivity index (χ0n) is 90.2. The van der Waals surface area contributed by atoms with Gasteiger partial charge in [0.1, 0.15) is 80.0 Å². The van der Waals surface area contributed by atoms with Gasteiger partial charge in [0.15, 0.2) is 22.2 Å². The zero-order chi connectivity index (χ0) is 104. The zero-order valence-corrected chi connectivity index (χ0v) is 90.2. The van der Waals surface area contributed by atoms with E-state index in [0.717, 1.165) is 155 Å². The van der Waals surface area contributed by atoms with E-state index in [1.165, 1.54) is 133 Å². The Bertz CT molecular complexity index is 9740. The molecule has 12 nitrogen and oxygen atoms in total. The van der Waals surface area contributed by atoms with Crippen LogP contribution in [0.5, 0.6) is 0 Å². The van der Waals surface area contributed by atoms with E-state index in [1.54, 1.807) is 0 Å². The number of nitrogens with zero attached hydrogens (tertiary/aromatic N) is 8. The molecule has 0 saturated carbocycles. The minimum atomic E-state index is 0.376. The molecule has 0 aliphatic rings. The van der Waals surface area contributed by atoms with Crippen molar-refractivity contribution in [3.8, 4) is 68.3 Å². The molecule has 0 amide bonds. The molecule has 26 aromatic rings. The number of hydrogen-bond acceptors (Lipinski definition) is 6. The van der Waals surface area contributed by atoms with Crippen molar-refractivity contribution in [3.63, 3.8) is 0 Å². The first-order valence-electron chi connectivity index (χ1n) is 53.6. The highest BCUT2D eigenvalue weighted by atomic mass is 16.3. The number of imidazole rings is 4. The molecule has 0 aliphatic carbocycles. The van der Waals surface area contributed by atoms with Gasteiger partial charge in [-0.05, 0) is 236 Å². The largest absolute Gasteiger partial charge is 0.456 e. The van der Waals surface area contributed by atoms with Gasteiger partial charge in [-0.1, -0.05) is 341 Å². The number of aryl methyl sites for hydroxylation is 6. The fraction of sp³-hybridized carbons (Fsp3) is 0.217. The van der Waals surface area contributed by atoms with Crippen LogP contribution in [0, 0.1) is 27.7 Å². The summed E-state index contributed by atoms with van der Waals surface area (Å²) in [5, 5.41) is 18.9. The van der Waals surface area contributed by atoms with Gasteiger partial charge in [-0.25, -0.2) is 19.1 Å². The maximum atomic E-state index is 6.80. The predicted octanol–water partition coefficient (Wildman–Crippen LogP) is 37.8. The van der Waals surface area contributed by atoms with Crippen LogP contribution in [-0.2, 0) is 14.1 Å². The highest BCUT2D eigenvalue weighted by Gasteiger charge is 2.37. The van der Waals surface area contributed by atoms with Crippen molar-refractivity contribution in [2.24, 2.45) is 14.1 Å². The molecule has 0 N–H and O–H groups in total. The van der Waals surface area contributed by atoms with Crippen molar-refractivity contribution in [1.29, 1.82) is 0 Å². The lowest BCUT2D eigenvalue weighted by atomic mass is 9.92. The lowest BCUT2D eigenvalue weighted by Gasteiger charge is -2.23. The van der Waals surface area contributed by atoms with Gasteiger partial charge < -0.3 is 17.7 Å². The van der Waals surface area contributed by atoms with Gasteiger partial charge in [0.25, 0.3) is 11.6 Å². The quantitative estimate of drug-likeness (QED) is 0.0892. The summed E-state index contributed by atoms with van der Waals surface area (Å²) in [7, 11) is 4.32. The van der Waals surface area contributed by atoms with Crippen molar-refractivity contribution in [2.45, 2.75) is 186 Å². The van der Waals surface area contributed by atoms with E-state index < -0.39 is 0 Å². The number of para-hydroxylation sites is 8. The summed E-state index contributed by atoms with van der Waals surface area (Å²) in [6.45, 7) is 45.2. The van der Waals surface area contributed by atoms with E-state index in [4.69, 9.17) is 27.6 Å². The van der Waals surface area contributed by atoms with Crippen LogP contribution < -0.4 is 9.13 Å². The number of hydrogen-bond donors (Lipinski definition) is 0. The molecule has 0 saturated heterocycles. The second-order valence-corrected chi connectivity index (χ2v) is 43.8. The van der Waals surface area contributed by atoms with Gasteiger partial charge in [0.2, 0.25) is 0 Å². The van der Waals surface area contributed by atoms with Gasteiger partial charge in [-0.3, -0.25) is 9.13 Å². The fourth-order valence-electron chi connectivity index (χ4n) is 23.6. The Morgan fingerprint density at radius 2 is 0.580 bits per heavy atom. The van der Waals surface area contributed by atoms with E-state index in [1.807, 2.05) is 6.20 Å². The molecule has 744 valence electrons. The molecule has 0 atom stereocenters. The molecule has 12 heteroatoms. The lowest BCUT2D eigenvalue weighted by molar-refractivity contribution is -0.659. The molecule has 0 radical (unpaired) electrons. The summed E-state index contributed by atoms with van der Waals surface area (Å²) < 4.78 is 40.6. The predicted molar refractivity (Wildman–Crippen MR) is 629 cm³/mol. The Labute approximate surface area is 877 Å². The summed E-state index contributed by atoms with van der Waals surface area (Å²) in [5.74, 6) is 7.33. The molecule has 0 unspecified atom stereocenters. The fourth-order valence-corrected chi connectivity index (χ4v) is 23.6. The van der Waals surface area contributed by atoms with E-state index in [9.17, 15) is 0 Å². The maximum absolute atomic E-state index is 6.80. The van der Waals surface area contributed by atoms with Crippen molar-refractivity contribution in [2.75, 3.05) is 0 Å². The highest BCUT2D eigenvalue weighted by molar-refractivity contribution is 6.17. The third kappa shape index (κ3) is 16.5. The maximum Gasteiger partial charge on any atom is 0.299 e. The first-order valence-corrected chi connectivity index (χ1v) is 53.6. The number of aromatic nitrogens is 8. The Balaban J connectivity index is 0.000000110. The standard InChI is InChI=1S/C37H35N2O.C36H32N2O.C33H33N2O.C32H30N2O/c1-22(2)27-14-11-15-28(23(3)4)35(27)39-32-17-10-9-16-31(32)38(6)37(39)34-24(5)18-19-29-30-20-25-12-7-8-13-26(25)21-33(30)40-36(29)34;1-21(2)26-13-10-14-27(22(3)4)34(26)38-32-16-9-8-15-31(32)37-36(38)28-17-18-29-30-19-24-11-6-7-12-25(24)20-33(30)39-35(29)23(28)5;1-20(2)25-12-9-13-26(21(3)4)31(25)35-17-16-34(6)33(35)30-22(5)14-15-27-28-18-23-10-7-8-11-24(23)19-29(28)36-32(27)30;1-19(2)24-11-8-12-25(20(3)4)30(24)34-16-15-33-32(34)26-13-14-27-28-17-22-9-6-7-10-23(22)18-29(28)35-31(27)21(26)5/h7-23H,1-6H3;6-22H,1-5H3;7-21H,1-6H3;6-20H,1-5H3/q+1;;+1;. The Morgan fingerprint density at radius 1 is 0.267 bits per heavy atom. The first-order chi connectivity index (χ1) is 72.5. The second kappa shape index (κ2) is 38.7. The van der Waals surface area contributed by atoms with E-state index >= 15 is 0 Å². The van der Waals surface area contributed by atoms with Crippen molar-refractivity contribution < 1.29 is 26.8 Å². The average molecular weight is 1960 g/mol. The first kappa shape index (κ1) is 97.0. The van der Waals surface area contributed by atoms with Crippen LogP contribution in [0.4, 0.5) is 0 Å². The summed E-state index contributed by atoms with van der Waals surface area (Å²) in [6.07, 6.45) is 8.37. The molecule has 26 rings (SSSR count). The Kier molecular flexibility index (Phi) is 25.0. The minimum Gasteiger partial charge on any atom is -0.456 e. The molecular formula is C138H130N8O4+2. The summed E-state index contributed by atoms with van der Waals surface area (Å²) >= 11 is 0. The van der Waals surface area contributed by atoms with Crippen LogP contribution in [0.1, 0.15) is 225 Å². The number of fused-ring (bicyclic) bond motifs is 18. The third-order valence-corrected chi connectivity index (χ3v) is 31.4. The molecule has 150 heavy (non-hydrogen) atoms. The van der Waals surface area contributed by atoms with Gasteiger partial charge in [-0.2, -0.15) is 9.13 Å². The van der Waals surface area contributed by atoms with Crippen LogP contribution in [-0.4, -0.2) is 28.2 Å². The average Bonchev–Trinajstić information content (AvgIpc) is 1.55. The molecule has 0 bridgehead atoms. The highest BCUT2D eigenvalue weighted by Crippen LogP contribution is 2.50. The third-order valence-electron chi connectivity index (χ3n) is 31.4. The minimum absolute atomic E-state index is 0.376. The normalized spacial score (nSPS) is 12.1. The smallest absolute Gasteiger partial charge is 0.299 e. The molecule has 0 spiro atoms. The molecular weight excluding hydrogens is 1830 g/mol. The molecule has 0 fully saturated rings. The second-order valence-electron chi connectivity index (χ2n) is 43.8. The van der Waals surface area contributed by atoms with Crippen LogP contribution in [0.2, 0.25) is 0 Å². The van der Waals surface area contributed by atoms with Crippen molar-refractivity contribution in [3.05, 3.63) is 407 Å². The number of benzene rings is 18. The van der Waals surface area contributed by atoms with Crippen LogP contribution in [0.25, 0.3) is 221 Å². The Hall–Kier alpha value is -16.4. The van der Waals surface area contributed by atoms with E-state index in [-0.39, 0.29) is 0 Å². The summed E-state index contributed by atoms with van der Waals surface area (Å²) in [4.78, 5) is 10.1. The summed E-state index contributed by atoms with van der Waals surface area (Å²) in [6, 6.07) is 114. The van der Waals surface area contributed by atoms with Gasteiger partial charge in [-0.15, -0.1) is 0 Å². The van der Waals surface area contributed by atoms with Crippen LogP contribution in [0.3, 0.4) is 0 Å². The van der Waals surface area contributed by atoms with Gasteiger partial charge >= 0.3 is 0 Å². The topological polar surface area (TPSA) is 106 Å². The van der Waals surface area contributed by atoms with Crippen molar-refractivity contribution in [1.82, 2.24) is 28.2 Å². The number of rotatable bonds is 16. The molecule has 18 aromatic carbocycles. The van der Waals surface area contributed by atoms with Gasteiger partial charge in [0.05, 0.1) is 36.5 Å². The lowest BCUT2D eigenvalue weighted by Crippen LogP contribution is -2.30. The molecule has 8 aromatic heterocycles. The Morgan fingerprint density at radius 3 is 0.973 bits per heavy atom. The number of furan rings is 4. The van der Waals surface area contributed by atoms with Crippen LogP contribution in [0.15, 0.2) is 358 Å². The molecule has 0 aliphatic heterocycles. The van der Waals surface area contributed by atoms with Crippen molar-refractivity contribution >= 4 is 153 Å². The SMILES string of the molecule is Cc1c(-c2nc3ccccc3n2-c2c(C(C)C)cccc2C(C)C)ccc2c1oc1cc3ccccc3cc12.Cc1c(-c2nccn2-c2c(C(C)C)cccc2C(C)C)ccc2c1oc1cc3ccccc3cc12.Cc1ccc2c(oc3cc4ccccc4cc32)c1-c1n(-c2c(C(C)C)cccc2C(C)C)c2ccccc2[n+]1C.Cc1ccc2c(oc3cc4ccccc4cc32)c1-c1n(-c2c(C(C)C)cccc2C(C)C)cc[n+]1C. The summed E-state index contributed by atoms with van der Waals surface area (Å²) in [5.41, 5.74) is 36.9. The van der Waals surface area contributed by atoms with E-state index in [2.05, 4.69) is 514 Å². The molecule has 8 heterocycles. The van der Waals surface area contributed by atoms with Gasteiger partial charge in [0, 0.05) is 100.0 Å². The monoisotopic (exact) mass is 1960 g/mol. The van der Waals surface area contributed by atoms with E-state index in [0.29, 0.717) is 47.3 Å².